The summed E-state index contributed by atoms with van der Waals surface area (Å²) in [4.78, 5) is 6.25. The third kappa shape index (κ3) is 4.63. The molecule has 8 heteroatoms. The van der Waals surface area contributed by atoms with Gasteiger partial charge < -0.3 is 4.90 Å². The predicted molar refractivity (Wildman–Crippen MR) is 87.0 cm³/mol. The Bertz CT molecular complexity index is 589. The molecule has 0 bridgehead atoms. The molecule has 0 spiro atoms. The molecule has 0 unspecified atom stereocenters. The van der Waals surface area contributed by atoms with E-state index in [1.165, 1.54) is 12.3 Å². The van der Waals surface area contributed by atoms with Crippen LogP contribution in [0.5, 0.6) is 0 Å². The molecule has 1 aromatic heterocycles. The van der Waals surface area contributed by atoms with E-state index < -0.39 is 10.0 Å². The standard InChI is InChI=1S/C13H19BrClN3O2S/c1-2-5-18-6-3-11(4-7-18)17-21(19,20)12-8-10(14)9-16-13(12)15/h8-9,11,17H,2-7H2,1H3. The van der Waals surface area contributed by atoms with Crippen LogP contribution in [0.15, 0.2) is 21.6 Å². The number of nitrogens with one attached hydrogen (secondary N) is 1. The normalized spacial score (nSPS) is 18.0. The van der Waals surface area contributed by atoms with Crippen molar-refractivity contribution in [2.45, 2.75) is 37.1 Å². The lowest BCUT2D eigenvalue weighted by Gasteiger charge is -2.31. The van der Waals surface area contributed by atoms with E-state index in [0.29, 0.717) is 4.47 Å². The molecule has 0 atom stereocenters. The van der Waals surface area contributed by atoms with Crippen molar-refractivity contribution in [1.29, 1.82) is 0 Å². The van der Waals surface area contributed by atoms with Gasteiger partial charge in [0.15, 0.2) is 0 Å². The molecule has 1 N–H and O–H groups in total. The fourth-order valence-corrected chi connectivity index (χ4v) is 4.71. The Morgan fingerprint density at radius 2 is 2.14 bits per heavy atom. The van der Waals surface area contributed by atoms with Gasteiger partial charge in [-0.05, 0) is 60.9 Å². The van der Waals surface area contributed by atoms with Gasteiger partial charge in [0, 0.05) is 16.7 Å². The van der Waals surface area contributed by atoms with Gasteiger partial charge in [-0.25, -0.2) is 18.1 Å². The van der Waals surface area contributed by atoms with Crippen LogP contribution in [0.2, 0.25) is 5.15 Å². The van der Waals surface area contributed by atoms with Crippen LogP contribution in [-0.2, 0) is 10.0 Å². The molecule has 2 rings (SSSR count). The fourth-order valence-electron chi connectivity index (χ4n) is 2.47. The second-order valence-corrected chi connectivity index (χ2v) is 8.14. The molecule has 1 saturated heterocycles. The Hall–Kier alpha value is -0.210. The molecule has 2 heterocycles. The van der Waals surface area contributed by atoms with E-state index in [9.17, 15) is 8.42 Å². The second kappa shape index (κ2) is 7.37. The van der Waals surface area contributed by atoms with Crippen LogP contribution in [-0.4, -0.2) is 44.0 Å². The van der Waals surface area contributed by atoms with Crippen molar-refractivity contribution in [3.8, 4) is 0 Å². The number of sulfonamides is 1. The lowest BCUT2D eigenvalue weighted by atomic mass is 10.1. The monoisotopic (exact) mass is 395 g/mol. The molecule has 0 aliphatic carbocycles. The van der Waals surface area contributed by atoms with Gasteiger partial charge in [-0.3, -0.25) is 0 Å². The molecule has 1 fully saturated rings. The van der Waals surface area contributed by atoms with Crippen LogP contribution in [0.3, 0.4) is 0 Å². The van der Waals surface area contributed by atoms with Crippen molar-refractivity contribution in [1.82, 2.24) is 14.6 Å². The van der Waals surface area contributed by atoms with Crippen molar-refractivity contribution in [2.75, 3.05) is 19.6 Å². The van der Waals surface area contributed by atoms with Gasteiger partial charge in [-0.1, -0.05) is 18.5 Å². The first kappa shape index (κ1) is 17.1. The van der Waals surface area contributed by atoms with Crippen molar-refractivity contribution in [3.63, 3.8) is 0 Å². The van der Waals surface area contributed by atoms with Gasteiger partial charge in [0.25, 0.3) is 0 Å². The predicted octanol–water partition coefficient (Wildman–Crippen LogP) is 2.65. The summed E-state index contributed by atoms with van der Waals surface area (Å²) in [5.41, 5.74) is 0. The number of rotatable bonds is 5. The Labute approximate surface area is 139 Å². The van der Waals surface area contributed by atoms with Gasteiger partial charge in [-0.15, -0.1) is 0 Å². The van der Waals surface area contributed by atoms with E-state index in [1.807, 2.05) is 0 Å². The summed E-state index contributed by atoms with van der Waals surface area (Å²) in [6, 6.07) is 1.43. The maximum atomic E-state index is 12.4. The summed E-state index contributed by atoms with van der Waals surface area (Å²) >= 11 is 9.12. The number of hydrogen-bond donors (Lipinski definition) is 1. The van der Waals surface area contributed by atoms with Crippen molar-refractivity contribution in [2.24, 2.45) is 0 Å². The van der Waals surface area contributed by atoms with Crippen LogP contribution in [0.25, 0.3) is 0 Å². The van der Waals surface area contributed by atoms with E-state index in [2.05, 4.69) is 37.5 Å². The maximum absolute atomic E-state index is 12.4. The summed E-state index contributed by atoms with van der Waals surface area (Å²) in [5, 5.41) is -0.00545. The summed E-state index contributed by atoms with van der Waals surface area (Å²) in [7, 11) is -3.64. The molecule has 0 aromatic carbocycles. The summed E-state index contributed by atoms with van der Waals surface area (Å²) in [6.45, 7) is 5.06. The average Bonchev–Trinajstić information content (AvgIpc) is 2.43. The van der Waals surface area contributed by atoms with E-state index in [-0.39, 0.29) is 16.1 Å². The quantitative estimate of drug-likeness (QED) is 0.777. The topological polar surface area (TPSA) is 62.3 Å². The van der Waals surface area contributed by atoms with E-state index in [1.54, 1.807) is 0 Å². The molecule has 1 aliphatic rings. The minimum absolute atomic E-state index is 0.00545. The van der Waals surface area contributed by atoms with E-state index >= 15 is 0 Å². The molecule has 0 radical (unpaired) electrons. The molecular weight excluding hydrogens is 378 g/mol. The third-order valence-electron chi connectivity index (χ3n) is 3.51. The van der Waals surface area contributed by atoms with E-state index in [0.717, 1.165) is 38.9 Å². The van der Waals surface area contributed by atoms with Crippen LogP contribution >= 0.6 is 27.5 Å². The molecule has 0 saturated carbocycles. The number of aromatic nitrogens is 1. The molecule has 5 nitrogen and oxygen atoms in total. The number of nitrogens with zero attached hydrogens (tertiary/aromatic N) is 2. The van der Waals surface area contributed by atoms with Crippen LogP contribution < -0.4 is 4.72 Å². The minimum Gasteiger partial charge on any atom is -0.303 e. The fraction of sp³-hybridized carbons (Fsp3) is 0.615. The van der Waals surface area contributed by atoms with Crippen LogP contribution in [0.4, 0.5) is 0 Å². The number of halogens is 2. The maximum Gasteiger partial charge on any atom is 0.243 e. The highest BCUT2D eigenvalue weighted by molar-refractivity contribution is 9.10. The summed E-state index contributed by atoms with van der Waals surface area (Å²) in [6.07, 6.45) is 4.23. The summed E-state index contributed by atoms with van der Waals surface area (Å²) in [5.74, 6) is 0. The number of likely N-dealkylation sites (tertiary alicyclic amines) is 1. The Morgan fingerprint density at radius 1 is 1.48 bits per heavy atom. The lowest BCUT2D eigenvalue weighted by Crippen LogP contribution is -2.44. The third-order valence-corrected chi connectivity index (χ3v) is 5.89. The van der Waals surface area contributed by atoms with Crippen molar-refractivity contribution < 1.29 is 8.42 Å². The van der Waals surface area contributed by atoms with Gasteiger partial charge >= 0.3 is 0 Å². The zero-order chi connectivity index (χ0) is 15.5. The smallest absolute Gasteiger partial charge is 0.243 e. The van der Waals surface area contributed by atoms with Crippen LogP contribution in [0.1, 0.15) is 26.2 Å². The minimum atomic E-state index is -3.64. The largest absolute Gasteiger partial charge is 0.303 e. The Morgan fingerprint density at radius 3 is 2.76 bits per heavy atom. The number of piperidine rings is 1. The van der Waals surface area contributed by atoms with Crippen molar-refractivity contribution in [3.05, 3.63) is 21.9 Å². The van der Waals surface area contributed by atoms with E-state index in [4.69, 9.17) is 11.6 Å². The van der Waals surface area contributed by atoms with Crippen LogP contribution in [0, 0.1) is 0 Å². The molecule has 21 heavy (non-hydrogen) atoms. The number of hydrogen-bond acceptors (Lipinski definition) is 4. The summed E-state index contributed by atoms with van der Waals surface area (Å²) < 4.78 is 28.2. The number of pyridine rings is 1. The van der Waals surface area contributed by atoms with Gasteiger partial charge in [0.1, 0.15) is 10.0 Å². The molecular formula is C13H19BrClN3O2S. The molecule has 1 aliphatic heterocycles. The average molecular weight is 397 g/mol. The highest BCUT2D eigenvalue weighted by Crippen LogP contribution is 2.23. The first-order chi connectivity index (χ1) is 9.92. The first-order valence-electron chi connectivity index (χ1n) is 6.98. The second-order valence-electron chi connectivity index (χ2n) is 5.18. The highest BCUT2D eigenvalue weighted by Gasteiger charge is 2.26. The van der Waals surface area contributed by atoms with Gasteiger partial charge in [-0.2, -0.15) is 0 Å². The molecule has 118 valence electrons. The molecule has 1 aromatic rings. The van der Waals surface area contributed by atoms with Gasteiger partial charge in [0.2, 0.25) is 10.0 Å². The first-order valence-corrected chi connectivity index (χ1v) is 9.63. The zero-order valence-corrected chi connectivity index (χ0v) is 15.0. The highest BCUT2D eigenvalue weighted by atomic mass is 79.9. The lowest BCUT2D eigenvalue weighted by molar-refractivity contribution is 0.208. The van der Waals surface area contributed by atoms with Gasteiger partial charge in [0.05, 0.1) is 0 Å². The Balaban J connectivity index is 2.04. The zero-order valence-electron chi connectivity index (χ0n) is 11.8. The SMILES string of the molecule is CCCN1CCC(NS(=O)(=O)c2cc(Br)cnc2Cl)CC1. The Kier molecular flexibility index (Phi) is 6.02. The molecule has 0 amide bonds. The van der Waals surface area contributed by atoms with Crippen molar-refractivity contribution >= 4 is 37.6 Å².